The molecule has 0 aliphatic rings. The fourth-order valence-corrected chi connectivity index (χ4v) is 1.72. The number of benzene rings is 1. The van der Waals surface area contributed by atoms with E-state index >= 15 is 0 Å². The van der Waals surface area contributed by atoms with E-state index in [4.69, 9.17) is 4.74 Å². The monoisotopic (exact) mass is 325 g/mol. The molecule has 0 bridgehead atoms. The Morgan fingerprint density at radius 2 is 2.11 bits per heavy atom. The Kier molecular flexibility index (Phi) is 4.31. The van der Waals surface area contributed by atoms with Crippen LogP contribution in [0.25, 0.3) is 0 Å². The highest BCUT2D eigenvalue weighted by Crippen LogP contribution is 2.25. The Hall–Kier alpha value is -1.69. The number of anilines is 1. The first-order chi connectivity index (χ1) is 9.12. The Bertz CT molecular complexity index is 570. The normalized spacial score (nSPS) is 10.3. The van der Waals surface area contributed by atoms with Gasteiger partial charge in [0.15, 0.2) is 0 Å². The summed E-state index contributed by atoms with van der Waals surface area (Å²) in [6, 6.07) is 6.22. The van der Waals surface area contributed by atoms with E-state index in [1.807, 2.05) is 6.92 Å². The molecule has 0 radical (unpaired) electrons. The zero-order valence-electron chi connectivity index (χ0n) is 10.6. The van der Waals surface area contributed by atoms with Gasteiger partial charge in [0.05, 0.1) is 4.47 Å². The van der Waals surface area contributed by atoms with Gasteiger partial charge in [0.1, 0.15) is 23.2 Å². The second-order valence-electron chi connectivity index (χ2n) is 3.79. The van der Waals surface area contributed by atoms with Gasteiger partial charge in [0, 0.05) is 25.6 Å². The molecule has 0 aliphatic carbocycles. The summed E-state index contributed by atoms with van der Waals surface area (Å²) < 4.78 is 19.3. The molecule has 0 atom stereocenters. The summed E-state index contributed by atoms with van der Waals surface area (Å²) in [4.78, 5) is 8.50. The molecule has 2 aromatic rings. The summed E-state index contributed by atoms with van der Waals surface area (Å²) in [5.74, 6) is 1.73. The van der Waals surface area contributed by atoms with Crippen LogP contribution in [0.5, 0.6) is 11.6 Å². The number of halogens is 2. The molecule has 1 heterocycles. The number of aromatic nitrogens is 2. The van der Waals surface area contributed by atoms with E-state index in [1.165, 1.54) is 6.07 Å². The van der Waals surface area contributed by atoms with Gasteiger partial charge in [-0.15, -0.1) is 0 Å². The van der Waals surface area contributed by atoms with Crippen LogP contribution in [-0.2, 0) is 6.42 Å². The van der Waals surface area contributed by atoms with Crippen LogP contribution in [0.15, 0.2) is 28.7 Å². The highest BCUT2D eigenvalue weighted by Gasteiger charge is 2.07. The summed E-state index contributed by atoms with van der Waals surface area (Å²) in [7, 11) is 1.77. The van der Waals surface area contributed by atoms with Crippen molar-refractivity contribution >= 4 is 21.7 Å². The standard InChI is InChI=1S/C13H13BrFN3O/c1-3-11-17-12(16-2)7-13(18-11)19-8-4-5-9(14)10(15)6-8/h4-7H,3H2,1-2H3,(H,16,17,18). The van der Waals surface area contributed by atoms with Gasteiger partial charge in [-0.05, 0) is 28.1 Å². The van der Waals surface area contributed by atoms with Crippen molar-refractivity contribution in [2.45, 2.75) is 13.3 Å². The van der Waals surface area contributed by atoms with Crippen LogP contribution < -0.4 is 10.1 Å². The smallest absolute Gasteiger partial charge is 0.224 e. The summed E-state index contributed by atoms with van der Waals surface area (Å²) in [5.41, 5.74) is 0. The molecule has 0 aliphatic heterocycles. The average Bonchev–Trinajstić information content (AvgIpc) is 2.42. The molecule has 6 heteroatoms. The largest absolute Gasteiger partial charge is 0.439 e. The average molecular weight is 326 g/mol. The predicted octanol–water partition coefficient (Wildman–Crippen LogP) is 3.77. The summed E-state index contributed by atoms with van der Waals surface area (Å²) in [5, 5.41) is 2.94. The quantitative estimate of drug-likeness (QED) is 0.929. The predicted molar refractivity (Wildman–Crippen MR) is 75.1 cm³/mol. The minimum atomic E-state index is -0.379. The van der Waals surface area contributed by atoms with Crippen LogP contribution in [0.2, 0.25) is 0 Å². The molecule has 0 spiro atoms. The third-order valence-electron chi connectivity index (χ3n) is 2.43. The molecule has 0 saturated carbocycles. The highest BCUT2D eigenvalue weighted by molar-refractivity contribution is 9.10. The molecule has 19 heavy (non-hydrogen) atoms. The first kappa shape index (κ1) is 13.7. The topological polar surface area (TPSA) is 47.0 Å². The molecule has 0 amide bonds. The van der Waals surface area contributed by atoms with E-state index in [-0.39, 0.29) is 5.82 Å². The molecule has 0 saturated heterocycles. The van der Waals surface area contributed by atoms with Gasteiger partial charge >= 0.3 is 0 Å². The number of hydrogen-bond donors (Lipinski definition) is 1. The molecule has 0 unspecified atom stereocenters. The molecule has 2 rings (SSSR count). The minimum absolute atomic E-state index is 0.379. The fraction of sp³-hybridized carbons (Fsp3) is 0.231. The van der Waals surface area contributed by atoms with Gasteiger partial charge < -0.3 is 10.1 Å². The Morgan fingerprint density at radius 3 is 2.74 bits per heavy atom. The van der Waals surface area contributed by atoms with Crippen molar-refractivity contribution in [3.63, 3.8) is 0 Å². The molecule has 1 N–H and O–H groups in total. The Labute approximate surface area is 119 Å². The van der Waals surface area contributed by atoms with Gasteiger partial charge in [0.2, 0.25) is 5.88 Å². The van der Waals surface area contributed by atoms with Crippen LogP contribution in [0.1, 0.15) is 12.7 Å². The zero-order chi connectivity index (χ0) is 13.8. The third kappa shape index (κ3) is 3.41. The highest BCUT2D eigenvalue weighted by atomic mass is 79.9. The van der Waals surface area contributed by atoms with Crippen molar-refractivity contribution in [2.24, 2.45) is 0 Å². The van der Waals surface area contributed by atoms with Crippen LogP contribution in [-0.4, -0.2) is 17.0 Å². The number of rotatable bonds is 4. The number of hydrogen-bond acceptors (Lipinski definition) is 4. The van der Waals surface area contributed by atoms with E-state index in [9.17, 15) is 4.39 Å². The molecule has 100 valence electrons. The Morgan fingerprint density at radius 1 is 1.32 bits per heavy atom. The molecule has 0 fully saturated rings. The molecular weight excluding hydrogens is 313 g/mol. The summed E-state index contributed by atoms with van der Waals surface area (Å²) in [6.45, 7) is 1.96. The maximum Gasteiger partial charge on any atom is 0.224 e. The molecular formula is C13H13BrFN3O. The second kappa shape index (κ2) is 5.97. The van der Waals surface area contributed by atoms with Gasteiger partial charge in [-0.3, -0.25) is 0 Å². The lowest BCUT2D eigenvalue weighted by Gasteiger charge is -2.08. The van der Waals surface area contributed by atoms with E-state index in [2.05, 4.69) is 31.2 Å². The zero-order valence-corrected chi connectivity index (χ0v) is 12.2. The van der Waals surface area contributed by atoms with E-state index < -0.39 is 0 Å². The maximum absolute atomic E-state index is 13.4. The first-order valence-corrected chi connectivity index (χ1v) is 6.60. The summed E-state index contributed by atoms with van der Waals surface area (Å²) in [6.07, 6.45) is 0.695. The minimum Gasteiger partial charge on any atom is -0.439 e. The van der Waals surface area contributed by atoms with Gasteiger partial charge in [-0.1, -0.05) is 6.92 Å². The van der Waals surface area contributed by atoms with Crippen molar-refractivity contribution in [3.05, 3.63) is 40.4 Å². The number of nitrogens with zero attached hydrogens (tertiary/aromatic N) is 2. The van der Waals surface area contributed by atoms with Crippen molar-refractivity contribution in [1.82, 2.24) is 9.97 Å². The number of aryl methyl sites for hydroxylation is 1. The second-order valence-corrected chi connectivity index (χ2v) is 4.64. The number of nitrogens with one attached hydrogen (secondary N) is 1. The summed E-state index contributed by atoms with van der Waals surface area (Å²) >= 11 is 3.09. The molecule has 1 aromatic heterocycles. The van der Waals surface area contributed by atoms with Crippen molar-refractivity contribution in [2.75, 3.05) is 12.4 Å². The molecule has 1 aromatic carbocycles. The third-order valence-corrected chi connectivity index (χ3v) is 3.08. The molecule has 4 nitrogen and oxygen atoms in total. The van der Waals surface area contributed by atoms with Gasteiger partial charge in [-0.25, -0.2) is 9.37 Å². The first-order valence-electron chi connectivity index (χ1n) is 5.81. The van der Waals surface area contributed by atoms with Crippen LogP contribution in [0, 0.1) is 5.82 Å². The lowest BCUT2D eigenvalue weighted by molar-refractivity contribution is 0.454. The lowest BCUT2D eigenvalue weighted by Crippen LogP contribution is -2.01. The maximum atomic E-state index is 13.4. The number of ether oxygens (including phenoxy) is 1. The lowest BCUT2D eigenvalue weighted by atomic mass is 10.3. The Balaban J connectivity index is 2.29. The van der Waals surface area contributed by atoms with Crippen LogP contribution in [0.3, 0.4) is 0 Å². The van der Waals surface area contributed by atoms with E-state index in [1.54, 1.807) is 25.2 Å². The van der Waals surface area contributed by atoms with Gasteiger partial charge in [-0.2, -0.15) is 4.98 Å². The van der Waals surface area contributed by atoms with Crippen LogP contribution >= 0.6 is 15.9 Å². The van der Waals surface area contributed by atoms with Crippen molar-refractivity contribution < 1.29 is 9.13 Å². The van der Waals surface area contributed by atoms with Crippen LogP contribution in [0.4, 0.5) is 10.2 Å². The van der Waals surface area contributed by atoms with E-state index in [0.29, 0.717) is 34.2 Å². The van der Waals surface area contributed by atoms with Crippen molar-refractivity contribution in [1.29, 1.82) is 0 Å². The SMILES string of the molecule is CCc1nc(NC)cc(Oc2ccc(Br)c(F)c2)n1. The van der Waals surface area contributed by atoms with Crippen molar-refractivity contribution in [3.8, 4) is 11.6 Å². The van der Waals surface area contributed by atoms with E-state index in [0.717, 1.165) is 0 Å². The fourth-order valence-electron chi connectivity index (χ4n) is 1.47. The van der Waals surface area contributed by atoms with Gasteiger partial charge in [0.25, 0.3) is 0 Å².